The molecule has 0 spiro atoms. The van der Waals surface area contributed by atoms with E-state index < -0.39 is 0 Å². The molecule has 9 nitrogen and oxygen atoms in total. The van der Waals surface area contributed by atoms with Gasteiger partial charge in [-0.25, -0.2) is 0 Å². The van der Waals surface area contributed by atoms with E-state index in [0.29, 0.717) is 18.6 Å². The van der Waals surface area contributed by atoms with E-state index in [-0.39, 0.29) is 50.9 Å². The molecule has 5 aliphatic carbocycles. The number of ketones is 7. The Bertz CT molecular complexity index is 2910. The number of ether oxygens (including phenoxy) is 2. The third-order valence-electron chi connectivity index (χ3n) is 14.7. The molecule has 0 atom stereocenters. The molecule has 0 saturated carbocycles. The summed E-state index contributed by atoms with van der Waals surface area (Å²) in [5.74, 6) is 3.04. The van der Waals surface area contributed by atoms with Crippen molar-refractivity contribution in [3.8, 4) is 11.5 Å². The number of carbonyl (C=O) groups excluding carboxylic acids is 7. The van der Waals surface area contributed by atoms with Crippen LogP contribution in [0.4, 0.5) is 0 Å². The number of rotatable bonds is 12. The number of carbonyl (C=O) groups is 7. The van der Waals surface area contributed by atoms with E-state index in [4.69, 9.17) is 9.47 Å². The molecule has 0 aliphatic heterocycles. The molecule has 476 valence electrons. The monoisotopic (exact) mass is 1190 g/mol. The van der Waals surface area contributed by atoms with E-state index in [1.54, 1.807) is 66.2 Å². The summed E-state index contributed by atoms with van der Waals surface area (Å²) in [6.07, 6.45) is 31.4. The standard InChI is InChI=1S/C14H16O3.C13H20O.C11H12O.C10H10O.2C9H14O.C8H12O.2C2H6/c1-9(15)10-4-5-11-12(8-10)14(17-3)7-6-13(11)16-2;1-10-6-5-9-13(3,4)12(10)8-7-11(2)14;1-2-3-9-11(12)10-7-5-4-6-8-10;1-9(11)7-8-10-5-3-2-4-6-10;1-7-4-8(10)6-9(2,3)5-7;1-7-6-9(2,3)5-4-8(7)10;1-7(9)8-5-3-2-4-6-8;2*1-2/h6-8H,4-5H2,1-3H3;7-8H,5-6,9H2,1-4H3;2,4-8H,1,3,9H2;2-8H,1H3;4H,5-6H2,1-3H3;6H,4-5H2,1-3H3;5H,2-4,6H2,1H3;2*1-2H3/b;8-7+;;8-7+;;;;;. The van der Waals surface area contributed by atoms with E-state index in [2.05, 4.69) is 67.2 Å². The van der Waals surface area contributed by atoms with Gasteiger partial charge >= 0.3 is 0 Å². The number of allylic oxidation sites excluding steroid dienone is 13. The number of Topliss-reactive ketones (excluding diaryl/α,β-unsaturated/α-hetero) is 4. The summed E-state index contributed by atoms with van der Waals surface area (Å²) in [6.45, 7) is 37.2. The lowest BCUT2D eigenvalue weighted by atomic mass is 9.72. The van der Waals surface area contributed by atoms with Crippen LogP contribution in [0.3, 0.4) is 0 Å². The van der Waals surface area contributed by atoms with Crippen molar-refractivity contribution in [2.24, 2.45) is 16.2 Å². The maximum atomic E-state index is 11.4. The maximum absolute atomic E-state index is 11.4. The summed E-state index contributed by atoms with van der Waals surface area (Å²) < 4.78 is 10.7. The average molecular weight is 1190 g/mol. The lowest BCUT2D eigenvalue weighted by Gasteiger charge is -2.32. The first-order valence-electron chi connectivity index (χ1n) is 31.4. The predicted octanol–water partition coefficient (Wildman–Crippen LogP) is 20.2. The summed E-state index contributed by atoms with van der Waals surface area (Å²) in [5.41, 5.74) is 11.5. The smallest absolute Gasteiger partial charge is 0.163 e. The molecule has 0 heterocycles. The normalized spacial score (nSPS) is 16.4. The Labute approximate surface area is 526 Å². The van der Waals surface area contributed by atoms with Crippen LogP contribution in [-0.4, -0.2) is 54.7 Å². The van der Waals surface area contributed by atoms with E-state index in [1.165, 1.54) is 48.8 Å². The van der Waals surface area contributed by atoms with Crippen LogP contribution in [0.2, 0.25) is 0 Å². The molecule has 0 fully saturated rings. The SMILES string of the molecule is C=CCCC(=O)c1ccccc1.CC.CC.CC(=O)/C=C/C1=C(C)CCCC1(C)C.CC(=O)/C=C/c1ccccc1.CC(=O)C1=CCCCC1.CC1=CC(=O)CC(C)(C)C1.CC1=CC(C)(C)CCC1=O.COc1ccc(OC)c2c1C=C(C(C)=O)CC2. The summed E-state index contributed by atoms with van der Waals surface area (Å²) in [7, 11) is 3.30. The second-order valence-corrected chi connectivity index (χ2v) is 24.2. The van der Waals surface area contributed by atoms with Gasteiger partial charge in [0.15, 0.2) is 40.5 Å². The minimum absolute atomic E-state index is 0.0776. The van der Waals surface area contributed by atoms with Crippen LogP contribution in [0.1, 0.15) is 235 Å². The summed E-state index contributed by atoms with van der Waals surface area (Å²) in [4.78, 5) is 77.0. The van der Waals surface area contributed by atoms with Gasteiger partial charge in [-0.3, -0.25) is 33.6 Å². The van der Waals surface area contributed by atoms with Crippen LogP contribution in [0.25, 0.3) is 12.2 Å². The first kappa shape index (κ1) is 79.9. The molecule has 0 unspecified atom stereocenters. The van der Waals surface area contributed by atoms with Crippen molar-refractivity contribution < 1.29 is 43.0 Å². The molecule has 5 aliphatic rings. The van der Waals surface area contributed by atoms with Crippen LogP contribution in [0.5, 0.6) is 11.5 Å². The van der Waals surface area contributed by atoms with Gasteiger partial charge in [0.1, 0.15) is 11.5 Å². The number of methoxy groups -OCH3 is 2. The molecule has 0 N–H and O–H groups in total. The Morgan fingerprint density at radius 3 is 1.63 bits per heavy atom. The third-order valence-corrected chi connectivity index (χ3v) is 14.7. The van der Waals surface area contributed by atoms with E-state index in [0.717, 1.165) is 102 Å². The number of fused-ring (bicyclic) bond motifs is 1. The zero-order valence-corrected chi connectivity index (χ0v) is 57.1. The van der Waals surface area contributed by atoms with Crippen molar-refractivity contribution in [3.05, 3.63) is 178 Å². The molecule has 3 aromatic carbocycles. The fourth-order valence-electron chi connectivity index (χ4n) is 10.4. The maximum Gasteiger partial charge on any atom is 0.163 e. The molecule has 0 saturated heterocycles. The molecule has 87 heavy (non-hydrogen) atoms. The van der Waals surface area contributed by atoms with Gasteiger partial charge in [0.25, 0.3) is 0 Å². The fraction of sp³-hybridized carbons (Fsp3) is 0.474. The Morgan fingerprint density at radius 2 is 1.17 bits per heavy atom. The van der Waals surface area contributed by atoms with Gasteiger partial charge in [0.2, 0.25) is 0 Å². The zero-order chi connectivity index (χ0) is 66.3. The van der Waals surface area contributed by atoms with Crippen molar-refractivity contribution >= 4 is 52.6 Å². The molecule has 0 bridgehead atoms. The van der Waals surface area contributed by atoms with Gasteiger partial charge < -0.3 is 9.47 Å². The van der Waals surface area contributed by atoms with Crippen molar-refractivity contribution in [2.75, 3.05) is 14.2 Å². The molecule has 8 rings (SSSR count). The van der Waals surface area contributed by atoms with Crippen LogP contribution in [0.15, 0.2) is 155 Å². The molecule has 3 aromatic rings. The zero-order valence-electron chi connectivity index (χ0n) is 57.1. The Hall–Kier alpha value is -7.13. The molecule has 0 amide bonds. The largest absolute Gasteiger partial charge is 0.496 e. The quantitative estimate of drug-likeness (QED) is 0.0985. The number of benzene rings is 3. The number of hydrogen-bond acceptors (Lipinski definition) is 9. The van der Waals surface area contributed by atoms with Crippen molar-refractivity contribution in [2.45, 2.75) is 214 Å². The van der Waals surface area contributed by atoms with E-state index in [9.17, 15) is 33.6 Å². The van der Waals surface area contributed by atoms with Crippen molar-refractivity contribution in [1.82, 2.24) is 0 Å². The van der Waals surface area contributed by atoms with Crippen molar-refractivity contribution in [3.63, 3.8) is 0 Å². The lowest BCUT2D eigenvalue weighted by Crippen LogP contribution is -2.20. The fourth-order valence-corrected chi connectivity index (χ4v) is 10.4. The van der Waals surface area contributed by atoms with Gasteiger partial charge in [-0.15, -0.1) is 6.58 Å². The Balaban J connectivity index is 0.000000991. The van der Waals surface area contributed by atoms with Gasteiger partial charge in [-0.2, -0.15) is 0 Å². The molecular weight excluding hydrogens is 1080 g/mol. The van der Waals surface area contributed by atoms with Crippen molar-refractivity contribution in [1.29, 1.82) is 0 Å². The summed E-state index contributed by atoms with van der Waals surface area (Å²) >= 11 is 0. The number of hydrogen-bond donors (Lipinski definition) is 0. The minimum Gasteiger partial charge on any atom is -0.496 e. The highest BCUT2D eigenvalue weighted by molar-refractivity contribution is 5.99. The molecule has 0 aromatic heterocycles. The third kappa shape index (κ3) is 33.0. The Morgan fingerprint density at radius 1 is 0.609 bits per heavy atom. The highest BCUT2D eigenvalue weighted by atomic mass is 16.5. The Kier molecular flexibility index (Phi) is 39.2. The minimum atomic E-state index is 0.0776. The van der Waals surface area contributed by atoms with Crippen LogP contribution in [0, 0.1) is 16.2 Å². The van der Waals surface area contributed by atoms with Crippen LogP contribution < -0.4 is 9.47 Å². The highest BCUT2D eigenvalue weighted by Gasteiger charge is 2.27. The highest BCUT2D eigenvalue weighted by Crippen LogP contribution is 2.41. The van der Waals surface area contributed by atoms with Crippen LogP contribution in [-0.2, 0) is 35.2 Å². The van der Waals surface area contributed by atoms with Gasteiger partial charge in [0.05, 0.1) is 14.2 Å². The molecular formula is C78H110O9. The predicted molar refractivity (Wildman–Crippen MR) is 367 cm³/mol. The second-order valence-electron chi connectivity index (χ2n) is 24.2. The molecule has 9 heteroatoms. The topological polar surface area (TPSA) is 138 Å². The summed E-state index contributed by atoms with van der Waals surface area (Å²) in [5, 5.41) is 0. The lowest BCUT2D eigenvalue weighted by molar-refractivity contribution is -0.117. The van der Waals surface area contributed by atoms with Gasteiger partial charge in [-0.05, 0) is 206 Å². The van der Waals surface area contributed by atoms with Gasteiger partial charge in [-0.1, -0.05) is 171 Å². The average Bonchev–Trinajstić information content (AvgIpc) is 2.05. The second kappa shape index (κ2) is 42.7. The molecule has 0 radical (unpaired) electrons. The first-order valence-corrected chi connectivity index (χ1v) is 31.4. The van der Waals surface area contributed by atoms with Crippen LogP contribution >= 0.6 is 0 Å². The summed E-state index contributed by atoms with van der Waals surface area (Å²) in [6, 6.07) is 22.9. The first-order chi connectivity index (χ1) is 41.0. The van der Waals surface area contributed by atoms with E-state index >= 15 is 0 Å². The van der Waals surface area contributed by atoms with E-state index in [1.807, 2.05) is 133 Å². The van der Waals surface area contributed by atoms with Gasteiger partial charge in [0, 0.05) is 36.0 Å².